The normalized spacial score (nSPS) is 23.7. The standard InChI is InChI=1S/C16H19F2NO3/c1-2-3-7-21-15-12(17)5-4-11(14(15)18)13-9-16(22-19-13)6-8-20-10-16/h4-5H,2-3,6-10H2,1H3. The fraction of sp³-hybridized carbons (Fsp3) is 0.562. The average Bonchev–Trinajstić information content (AvgIpc) is 3.13. The largest absolute Gasteiger partial charge is 0.488 e. The van der Waals surface area contributed by atoms with Crippen LogP contribution in [0.1, 0.15) is 38.2 Å². The Morgan fingerprint density at radius 2 is 2.23 bits per heavy atom. The first-order valence-electron chi connectivity index (χ1n) is 7.59. The molecule has 0 amide bonds. The third-order valence-corrected chi connectivity index (χ3v) is 4.01. The van der Waals surface area contributed by atoms with E-state index >= 15 is 0 Å². The van der Waals surface area contributed by atoms with Gasteiger partial charge in [-0.1, -0.05) is 18.5 Å². The summed E-state index contributed by atoms with van der Waals surface area (Å²) < 4.78 is 38.9. The molecule has 1 atom stereocenters. The van der Waals surface area contributed by atoms with Gasteiger partial charge in [-0.15, -0.1) is 0 Å². The molecule has 22 heavy (non-hydrogen) atoms. The fourth-order valence-electron chi connectivity index (χ4n) is 2.67. The number of oxime groups is 1. The van der Waals surface area contributed by atoms with E-state index in [1.807, 2.05) is 6.92 Å². The number of hydrogen-bond donors (Lipinski definition) is 0. The number of unbranched alkanes of at least 4 members (excludes halogenated alkanes) is 1. The van der Waals surface area contributed by atoms with Crippen molar-refractivity contribution in [2.75, 3.05) is 19.8 Å². The van der Waals surface area contributed by atoms with Gasteiger partial charge in [-0.2, -0.15) is 0 Å². The number of rotatable bonds is 5. The second kappa shape index (κ2) is 6.20. The van der Waals surface area contributed by atoms with Gasteiger partial charge in [0.1, 0.15) is 0 Å². The average molecular weight is 311 g/mol. The number of ether oxygens (including phenoxy) is 2. The van der Waals surface area contributed by atoms with Crippen LogP contribution in [0.3, 0.4) is 0 Å². The van der Waals surface area contributed by atoms with Crippen molar-refractivity contribution >= 4 is 5.71 Å². The minimum absolute atomic E-state index is 0.233. The van der Waals surface area contributed by atoms with Gasteiger partial charge in [-0.05, 0) is 18.6 Å². The van der Waals surface area contributed by atoms with Gasteiger partial charge in [-0.3, -0.25) is 0 Å². The lowest BCUT2D eigenvalue weighted by atomic mass is 9.93. The fourth-order valence-corrected chi connectivity index (χ4v) is 2.67. The van der Waals surface area contributed by atoms with Crippen molar-refractivity contribution in [3.05, 3.63) is 29.3 Å². The molecule has 1 saturated heterocycles. The smallest absolute Gasteiger partial charge is 0.191 e. The zero-order chi connectivity index (χ0) is 15.6. The van der Waals surface area contributed by atoms with Crippen molar-refractivity contribution in [2.45, 2.75) is 38.2 Å². The Balaban J connectivity index is 1.81. The number of benzene rings is 1. The van der Waals surface area contributed by atoms with Crippen molar-refractivity contribution in [1.82, 2.24) is 0 Å². The lowest BCUT2D eigenvalue weighted by Crippen LogP contribution is -2.29. The molecular weight excluding hydrogens is 292 g/mol. The van der Waals surface area contributed by atoms with E-state index in [1.165, 1.54) is 12.1 Å². The van der Waals surface area contributed by atoms with Crippen LogP contribution < -0.4 is 4.74 Å². The van der Waals surface area contributed by atoms with E-state index < -0.39 is 17.2 Å². The highest BCUT2D eigenvalue weighted by Gasteiger charge is 2.43. The van der Waals surface area contributed by atoms with Gasteiger partial charge in [0.05, 0.1) is 25.5 Å². The molecule has 6 heteroatoms. The minimum atomic E-state index is -0.714. The zero-order valence-corrected chi connectivity index (χ0v) is 12.5. The molecule has 120 valence electrons. The molecule has 0 N–H and O–H groups in total. The first kappa shape index (κ1) is 15.2. The lowest BCUT2D eigenvalue weighted by Gasteiger charge is -2.17. The third-order valence-electron chi connectivity index (χ3n) is 4.01. The first-order chi connectivity index (χ1) is 10.7. The number of hydrogen-bond acceptors (Lipinski definition) is 4. The van der Waals surface area contributed by atoms with E-state index in [1.54, 1.807) is 0 Å². The summed E-state index contributed by atoms with van der Waals surface area (Å²) in [6.45, 7) is 3.33. The van der Waals surface area contributed by atoms with E-state index in [0.29, 0.717) is 25.3 Å². The summed E-state index contributed by atoms with van der Waals surface area (Å²) in [5.74, 6) is -1.75. The first-order valence-corrected chi connectivity index (χ1v) is 7.59. The molecule has 2 aliphatic heterocycles. The van der Waals surface area contributed by atoms with Gasteiger partial charge in [0.15, 0.2) is 23.0 Å². The summed E-state index contributed by atoms with van der Waals surface area (Å²) in [5, 5.41) is 3.99. The summed E-state index contributed by atoms with van der Waals surface area (Å²) >= 11 is 0. The number of nitrogens with zero attached hydrogens (tertiary/aromatic N) is 1. The summed E-state index contributed by atoms with van der Waals surface area (Å²) in [6, 6.07) is 2.59. The molecular formula is C16H19F2NO3. The molecule has 1 spiro atoms. The van der Waals surface area contributed by atoms with Crippen molar-refractivity contribution in [3.8, 4) is 5.75 Å². The van der Waals surface area contributed by atoms with Crippen LogP contribution in [-0.4, -0.2) is 31.1 Å². The van der Waals surface area contributed by atoms with Gasteiger partial charge in [0.2, 0.25) is 0 Å². The predicted molar refractivity (Wildman–Crippen MR) is 77.2 cm³/mol. The highest BCUT2D eigenvalue weighted by atomic mass is 19.1. The second-order valence-electron chi connectivity index (χ2n) is 5.73. The van der Waals surface area contributed by atoms with E-state index in [-0.39, 0.29) is 17.9 Å². The second-order valence-corrected chi connectivity index (χ2v) is 5.73. The molecule has 0 aromatic heterocycles. The molecule has 0 bridgehead atoms. The Morgan fingerprint density at radius 1 is 1.36 bits per heavy atom. The quantitative estimate of drug-likeness (QED) is 0.782. The van der Waals surface area contributed by atoms with Crippen LogP contribution in [0.25, 0.3) is 0 Å². The molecule has 3 rings (SSSR count). The zero-order valence-electron chi connectivity index (χ0n) is 12.5. The summed E-state index contributed by atoms with van der Waals surface area (Å²) in [7, 11) is 0. The Hall–Kier alpha value is -1.69. The monoisotopic (exact) mass is 311 g/mol. The SMILES string of the molecule is CCCCOc1c(F)ccc(C2=NOC3(CCOC3)C2)c1F. The van der Waals surface area contributed by atoms with Gasteiger partial charge < -0.3 is 14.3 Å². The topological polar surface area (TPSA) is 40.0 Å². The summed E-state index contributed by atoms with van der Waals surface area (Å²) in [6.07, 6.45) is 2.83. The van der Waals surface area contributed by atoms with Crippen molar-refractivity contribution in [1.29, 1.82) is 0 Å². The Kier molecular flexibility index (Phi) is 4.29. The molecule has 2 aliphatic rings. The van der Waals surface area contributed by atoms with Crippen molar-refractivity contribution in [2.24, 2.45) is 5.16 Å². The van der Waals surface area contributed by atoms with Crippen molar-refractivity contribution < 1.29 is 23.1 Å². The molecule has 0 radical (unpaired) electrons. The maximum absolute atomic E-state index is 14.6. The van der Waals surface area contributed by atoms with E-state index in [4.69, 9.17) is 14.3 Å². The Labute approximate surface area is 128 Å². The summed E-state index contributed by atoms with van der Waals surface area (Å²) in [5.41, 5.74) is 0.222. The molecule has 1 aromatic carbocycles. The Morgan fingerprint density at radius 3 is 2.95 bits per heavy atom. The predicted octanol–water partition coefficient (Wildman–Crippen LogP) is 3.43. The van der Waals surface area contributed by atoms with Crippen LogP contribution in [0, 0.1) is 11.6 Å². The van der Waals surface area contributed by atoms with Crippen LogP contribution in [0.4, 0.5) is 8.78 Å². The van der Waals surface area contributed by atoms with Crippen LogP contribution in [0.15, 0.2) is 17.3 Å². The van der Waals surface area contributed by atoms with Gasteiger partial charge in [-0.25, -0.2) is 8.78 Å². The lowest BCUT2D eigenvalue weighted by molar-refractivity contribution is -0.0237. The van der Waals surface area contributed by atoms with Crippen LogP contribution in [0.2, 0.25) is 0 Å². The van der Waals surface area contributed by atoms with Crippen LogP contribution in [0.5, 0.6) is 5.75 Å². The van der Waals surface area contributed by atoms with Gasteiger partial charge in [0.25, 0.3) is 0 Å². The molecule has 0 saturated carbocycles. The van der Waals surface area contributed by atoms with Crippen LogP contribution >= 0.6 is 0 Å². The number of halogens is 2. The molecule has 4 nitrogen and oxygen atoms in total. The van der Waals surface area contributed by atoms with Crippen molar-refractivity contribution in [3.63, 3.8) is 0 Å². The van der Waals surface area contributed by atoms with Crippen LogP contribution in [-0.2, 0) is 9.57 Å². The van der Waals surface area contributed by atoms with Gasteiger partial charge in [0, 0.05) is 18.4 Å². The molecule has 0 aliphatic carbocycles. The molecule has 1 unspecified atom stereocenters. The minimum Gasteiger partial charge on any atom is -0.488 e. The highest BCUT2D eigenvalue weighted by Crippen LogP contribution is 2.36. The van der Waals surface area contributed by atoms with E-state index in [0.717, 1.165) is 19.3 Å². The highest BCUT2D eigenvalue weighted by molar-refractivity contribution is 6.02. The van der Waals surface area contributed by atoms with E-state index in [2.05, 4.69) is 5.16 Å². The Bertz CT molecular complexity index is 583. The van der Waals surface area contributed by atoms with E-state index in [9.17, 15) is 8.78 Å². The maximum atomic E-state index is 14.6. The maximum Gasteiger partial charge on any atom is 0.191 e. The third kappa shape index (κ3) is 2.79. The summed E-state index contributed by atoms with van der Waals surface area (Å²) in [4.78, 5) is 5.45. The van der Waals surface area contributed by atoms with Gasteiger partial charge >= 0.3 is 0 Å². The molecule has 1 fully saturated rings. The molecule has 1 aromatic rings. The molecule has 2 heterocycles.